The van der Waals surface area contributed by atoms with E-state index in [1.54, 1.807) is 6.20 Å². The van der Waals surface area contributed by atoms with E-state index < -0.39 is 5.56 Å². The Bertz CT molecular complexity index is 1170. The molecule has 0 spiro atoms. The number of methoxy groups -OCH3 is 1. The van der Waals surface area contributed by atoms with Gasteiger partial charge in [-0.3, -0.25) is 4.79 Å². The molecule has 0 radical (unpaired) electrons. The van der Waals surface area contributed by atoms with Gasteiger partial charge in [-0.15, -0.1) is 0 Å². The highest BCUT2D eigenvalue weighted by Gasteiger charge is 2.14. The van der Waals surface area contributed by atoms with Crippen molar-refractivity contribution in [1.29, 1.82) is 0 Å². The van der Waals surface area contributed by atoms with Crippen molar-refractivity contribution in [2.24, 2.45) is 0 Å². The monoisotopic (exact) mass is 454 g/mol. The summed E-state index contributed by atoms with van der Waals surface area (Å²) in [6.07, 6.45) is 1.67. The molecule has 0 saturated carbocycles. The maximum atomic E-state index is 12.4. The van der Waals surface area contributed by atoms with Gasteiger partial charge < -0.3 is 24.3 Å². The minimum Gasteiger partial charge on any atom is -0.490 e. The van der Waals surface area contributed by atoms with Crippen LogP contribution < -0.4 is 20.5 Å². The SMILES string of the molecule is COc1cn(Cc2ccc(C)c(Cl)c2)c(Nc2ccc(N3CCOCC3)cc2C)nc1=O. The fourth-order valence-electron chi connectivity index (χ4n) is 3.69. The second-order valence-corrected chi connectivity index (χ2v) is 8.28. The van der Waals surface area contributed by atoms with Gasteiger partial charge in [-0.25, -0.2) is 0 Å². The minimum absolute atomic E-state index is 0.188. The van der Waals surface area contributed by atoms with Gasteiger partial charge in [0, 0.05) is 29.5 Å². The maximum Gasteiger partial charge on any atom is 0.316 e. The smallest absolute Gasteiger partial charge is 0.316 e. The Kier molecular flexibility index (Phi) is 6.67. The van der Waals surface area contributed by atoms with Gasteiger partial charge in [-0.2, -0.15) is 4.98 Å². The number of ether oxygens (including phenoxy) is 2. The van der Waals surface area contributed by atoms with Crippen LogP contribution in [0.25, 0.3) is 0 Å². The molecule has 168 valence electrons. The highest BCUT2D eigenvalue weighted by Crippen LogP contribution is 2.26. The summed E-state index contributed by atoms with van der Waals surface area (Å²) in [4.78, 5) is 18.9. The number of halogens is 1. The van der Waals surface area contributed by atoms with Crippen LogP contribution in [0.2, 0.25) is 5.02 Å². The number of nitrogens with zero attached hydrogens (tertiary/aromatic N) is 3. The molecule has 3 aromatic rings. The zero-order valence-corrected chi connectivity index (χ0v) is 19.3. The lowest BCUT2D eigenvalue weighted by Crippen LogP contribution is -2.36. The Labute approximate surface area is 192 Å². The molecule has 7 nitrogen and oxygen atoms in total. The largest absolute Gasteiger partial charge is 0.490 e. The van der Waals surface area contributed by atoms with E-state index >= 15 is 0 Å². The van der Waals surface area contributed by atoms with Crippen molar-refractivity contribution in [1.82, 2.24) is 9.55 Å². The Balaban J connectivity index is 1.64. The van der Waals surface area contributed by atoms with Gasteiger partial charge in [0.05, 0.1) is 33.1 Å². The van der Waals surface area contributed by atoms with Crippen LogP contribution in [0, 0.1) is 13.8 Å². The highest BCUT2D eigenvalue weighted by molar-refractivity contribution is 6.31. The molecular formula is C24H27ClN4O3. The Morgan fingerprint density at radius 3 is 2.59 bits per heavy atom. The topological polar surface area (TPSA) is 68.6 Å². The quantitative estimate of drug-likeness (QED) is 0.603. The molecule has 2 aromatic carbocycles. The van der Waals surface area contributed by atoms with Gasteiger partial charge in [-0.05, 0) is 54.8 Å². The molecular weight excluding hydrogens is 428 g/mol. The zero-order chi connectivity index (χ0) is 22.7. The molecule has 1 N–H and O–H groups in total. The van der Waals surface area contributed by atoms with E-state index in [1.165, 1.54) is 7.11 Å². The first kappa shape index (κ1) is 22.2. The second kappa shape index (κ2) is 9.63. The molecule has 0 bridgehead atoms. The molecule has 1 aliphatic rings. The van der Waals surface area contributed by atoms with Crippen LogP contribution in [-0.4, -0.2) is 43.0 Å². The molecule has 4 rings (SSSR count). The van der Waals surface area contributed by atoms with Crippen LogP contribution in [0.1, 0.15) is 16.7 Å². The lowest BCUT2D eigenvalue weighted by atomic mass is 10.1. The van der Waals surface area contributed by atoms with Gasteiger partial charge in [0.2, 0.25) is 11.7 Å². The third-order valence-electron chi connectivity index (χ3n) is 5.61. The van der Waals surface area contributed by atoms with E-state index in [0.29, 0.717) is 17.5 Å². The van der Waals surface area contributed by atoms with Crippen molar-refractivity contribution in [2.45, 2.75) is 20.4 Å². The average molecular weight is 455 g/mol. The molecule has 1 saturated heterocycles. The van der Waals surface area contributed by atoms with Crippen molar-refractivity contribution in [2.75, 3.05) is 43.6 Å². The van der Waals surface area contributed by atoms with Crippen molar-refractivity contribution in [3.8, 4) is 5.75 Å². The number of anilines is 3. The van der Waals surface area contributed by atoms with Crippen molar-refractivity contribution in [3.63, 3.8) is 0 Å². The number of morpholine rings is 1. The molecule has 0 aliphatic carbocycles. The molecule has 1 fully saturated rings. The van der Waals surface area contributed by atoms with Gasteiger partial charge in [0.15, 0.2) is 0 Å². The number of nitrogens with one attached hydrogen (secondary N) is 1. The average Bonchev–Trinajstić information content (AvgIpc) is 2.79. The number of hydrogen-bond acceptors (Lipinski definition) is 6. The summed E-state index contributed by atoms with van der Waals surface area (Å²) in [6, 6.07) is 12.1. The Morgan fingerprint density at radius 2 is 1.91 bits per heavy atom. The van der Waals surface area contributed by atoms with Crippen molar-refractivity contribution < 1.29 is 9.47 Å². The molecule has 8 heteroatoms. The zero-order valence-electron chi connectivity index (χ0n) is 18.5. The highest BCUT2D eigenvalue weighted by atomic mass is 35.5. The maximum absolute atomic E-state index is 12.4. The van der Waals surface area contributed by atoms with Crippen LogP contribution >= 0.6 is 11.6 Å². The van der Waals surface area contributed by atoms with Gasteiger partial charge in [-0.1, -0.05) is 23.7 Å². The molecule has 32 heavy (non-hydrogen) atoms. The van der Waals surface area contributed by atoms with Gasteiger partial charge in [0.1, 0.15) is 0 Å². The molecule has 0 atom stereocenters. The summed E-state index contributed by atoms with van der Waals surface area (Å²) < 4.78 is 12.5. The van der Waals surface area contributed by atoms with E-state index in [4.69, 9.17) is 21.1 Å². The fraction of sp³-hybridized carbons (Fsp3) is 0.333. The van der Waals surface area contributed by atoms with E-state index in [0.717, 1.165) is 54.4 Å². The summed E-state index contributed by atoms with van der Waals surface area (Å²) in [5.74, 6) is 0.628. The van der Waals surface area contributed by atoms with E-state index in [2.05, 4.69) is 27.3 Å². The first-order valence-corrected chi connectivity index (χ1v) is 10.9. The summed E-state index contributed by atoms with van der Waals surface area (Å²) in [7, 11) is 1.47. The fourth-order valence-corrected chi connectivity index (χ4v) is 3.90. The molecule has 0 amide bonds. The number of hydrogen-bond donors (Lipinski definition) is 1. The van der Waals surface area contributed by atoms with E-state index in [-0.39, 0.29) is 5.75 Å². The summed E-state index contributed by atoms with van der Waals surface area (Å²) in [6.45, 7) is 7.73. The predicted octanol–water partition coefficient (Wildman–Crippen LogP) is 4.15. The van der Waals surface area contributed by atoms with Crippen LogP contribution in [0.3, 0.4) is 0 Å². The van der Waals surface area contributed by atoms with Crippen molar-refractivity contribution >= 4 is 28.9 Å². The van der Waals surface area contributed by atoms with Gasteiger partial charge >= 0.3 is 5.56 Å². The van der Waals surface area contributed by atoms with Gasteiger partial charge in [0.25, 0.3) is 0 Å². The number of rotatable bonds is 6. The van der Waals surface area contributed by atoms with Crippen LogP contribution in [-0.2, 0) is 11.3 Å². The van der Waals surface area contributed by atoms with E-state index in [9.17, 15) is 4.79 Å². The summed E-state index contributed by atoms with van der Waals surface area (Å²) in [5, 5.41) is 4.03. The second-order valence-electron chi connectivity index (χ2n) is 7.87. The van der Waals surface area contributed by atoms with E-state index in [1.807, 2.05) is 42.7 Å². The molecule has 0 unspecified atom stereocenters. The number of benzene rings is 2. The lowest BCUT2D eigenvalue weighted by molar-refractivity contribution is 0.122. The summed E-state index contributed by atoms with van der Waals surface area (Å²) in [5.41, 5.74) is 4.69. The van der Waals surface area contributed by atoms with Crippen LogP contribution in [0.4, 0.5) is 17.3 Å². The molecule has 1 aliphatic heterocycles. The van der Waals surface area contributed by atoms with Crippen molar-refractivity contribution in [3.05, 3.63) is 74.7 Å². The first-order chi connectivity index (χ1) is 15.4. The van der Waals surface area contributed by atoms with Crippen LogP contribution in [0.15, 0.2) is 47.4 Å². The van der Waals surface area contributed by atoms with Crippen LogP contribution in [0.5, 0.6) is 5.75 Å². The predicted molar refractivity (Wildman–Crippen MR) is 128 cm³/mol. The normalized spacial score (nSPS) is 13.8. The first-order valence-electron chi connectivity index (χ1n) is 10.6. The number of aromatic nitrogens is 2. The molecule has 1 aromatic heterocycles. The summed E-state index contributed by atoms with van der Waals surface area (Å²) >= 11 is 6.31. The third-order valence-corrected chi connectivity index (χ3v) is 6.01. The Morgan fingerprint density at radius 1 is 1.12 bits per heavy atom. The Hall–Kier alpha value is -3.03. The lowest BCUT2D eigenvalue weighted by Gasteiger charge is -2.29. The molecule has 2 heterocycles. The minimum atomic E-state index is -0.421. The number of aryl methyl sites for hydroxylation is 2. The third kappa shape index (κ3) is 4.89. The standard InChI is InChI=1S/C24H27ClN4O3/c1-16-4-5-18(13-20(16)25)14-29-15-22(31-3)23(30)27-24(29)26-21-7-6-19(12-17(21)2)28-8-10-32-11-9-28/h4-7,12-13,15H,8-11,14H2,1-3H3,(H,26,27,30).